The van der Waals surface area contributed by atoms with Crippen LogP contribution in [0.25, 0.3) is 145 Å². The SMILES string of the molecule is c1ccc(-n2cnc3cc(-c4nc(-c5ccc6c(c5)ncn6-c5ccccc5)nc(-n5c6ccccc6c6ccc7c(c8ccccc8n7-c7cccc(-c8ccc9oc%10ccccc%10c9c8)c7)c65)n4)ccc32)cc1. The lowest BCUT2D eigenvalue weighted by atomic mass is 10.0. The summed E-state index contributed by atoms with van der Waals surface area (Å²) >= 11 is 0. The quantitative estimate of drug-likeness (QED) is 0.158. The van der Waals surface area contributed by atoms with Crippen molar-refractivity contribution in [2.45, 2.75) is 0 Å². The van der Waals surface area contributed by atoms with E-state index >= 15 is 0 Å². The highest BCUT2D eigenvalue weighted by Crippen LogP contribution is 2.43. The van der Waals surface area contributed by atoms with E-state index in [1.807, 2.05) is 61.2 Å². The number of hydrogen-bond donors (Lipinski definition) is 0. The van der Waals surface area contributed by atoms with Crippen molar-refractivity contribution in [3.63, 3.8) is 0 Å². The molecular weight excluding hydrogens is 923 g/mol. The molecule has 0 aliphatic rings. The molecule has 0 spiro atoms. The van der Waals surface area contributed by atoms with E-state index in [9.17, 15) is 0 Å². The monoisotopic (exact) mass is 961 g/mol. The van der Waals surface area contributed by atoms with E-state index in [0.717, 1.165) is 127 Å². The first-order valence-corrected chi connectivity index (χ1v) is 25.0. The average Bonchev–Trinajstić information content (AvgIpc) is 4.32. The van der Waals surface area contributed by atoms with Crippen LogP contribution in [0.4, 0.5) is 0 Å². The third kappa shape index (κ3) is 6.36. The number of hydrogen-bond acceptors (Lipinski definition) is 6. The zero-order valence-corrected chi connectivity index (χ0v) is 39.9. The molecule has 0 saturated carbocycles. The first-order valence-electron chi connectivity index (χ1n) is 25.0. The zero-order chi connectivity index (χ0) is 49.1. The molecule has 0 N–H and O–H groups in total. The Kier molecular flexibility index (Phi) is 8.80. The van der Waals surface area contributed by atoms with Gasteiger partial charge in [-0.15, -0.1) is 0 Å². The van der Waals surface area contributed by atoms with Gasteiger partial charge in [0.15, 0.2) is 11.6 Å². The molecule has 0 aliphatic heterocycles. The van der Waals surface area contributed by atoms with Gasteiger partial charge in [-0.2, -0.15) is 9.97 Å². The second-order valence-electron chi connectivity index (χ2n) is 19.0. The summed E-state index contributed by atoms with van der Waals surface area (Å²) in [6, 6.07) is 78.4. The Bertz CT molecular complexity index is 4830. The van der Waals surface area contributed by atoms with Gasteiger partial charge >= 0.3 is 0 Å². The number of fused-ring (bicyclic) bond motifs is 12. The van der Waals surface area contributed by atoms with E-state index < -0.39 is 0 Å². The first kappa shape index (κ1) is 41.2. The molecule has 0 bridgehead atoms. The average molecular weight is 962 g/mol. The summed E-state index contributed by atoms with van der Waals surface area (Å²) in [5.74, 6) is 1.56. The third-order valence-electron chi connectivity index (χ3n) is 14.8. The molecule has 10 heteroatoms. The standard InChI is InChI=1S/C65H39N9O/c1-3-15-44(16-4-1)71-38-66-52-36-42(26-30-56(52)71)63-68-64(43-27-31-57-53(37-43)67-39-72(57)45-17-5-2-6-18-45)70-65(69-63)74-54-23-10-7-20-47(54)49-29-32-58-61(62(49)74)50-22-8-11-24-55(50)73(58)46-19-13-14-40(34-46)41-28-33-60-51(35-41)48-21-9-12-25-59(48)75-60/h1-39H. The van der Waals surface area contributed by atoms with Gasteiger partial charge in [0.05, 0.1) is 44.1 Å². The minimum Gasteiger partial charge on any atom is -0.456 e. The van der Waals surface area contributed by atoms with Crippen LogP contribution in [0.1, 0.15) is 0 Å². The Morgan fingerprint density at radius 3 is 1.56 bits per heavy atom. The molecule has 0 amide bonds. The number of furan rings is 1. The van der Waals surface area contributed by atoms with Crippen molar-refractivity contribution >= 4 is 87.6 Å². The molecule has 16 rings (SSSR count). The molecule has 0 atom stereocenters. The lowest BCUT2D eigenvalue weighted by molar-refractivity contribution is 0.669. The minimum atomic E-state index is 0.500. The van der Waals surface area contributed by atoms with Gasteiger partial charge in [-0.05, 0) is 120 Å². The molecule has 0 unspecified atom stereocenters. The van der Waals surface area contributed by atoms with E-state index in [4.69, 9.17) is 29.3 Å². The van der Waals surface area contributed by atoms with Crippen LogP contribution in [-0.4, -0.2) is 43.2 Å². The van der Waals surface area contributed by atoms with Crippen LogP contribution in [-0.2, 0) is 0 Å². The maximum atomic E-state index is 6.21. The van der Waals surface area contributed by atoms with Crippen LogP contribution in [0.3, 0.4) is 0 Å². The van der Waals surface area contributed by atoms with Crippen LogP contribution in [0.15, 0.2) is 242 Å². The number of benzene rings is 10. The molecular formula is C65H39N9O. The second kappa shape index (κ2) is 16.0. The Labute approximate surface area is 427 Å². The number of para-hydroxylation sites is 5. The summed E-state index contributed by atoms with van der Waals surface area (Å²) in [5, 5.41) is 6.62. The van der Waals surface area contributed by atoms with Gasteiger partial charge in [-0.1, -0.05) is 115 Å². The zero-order valence-electron chi connectivity index (χ0n) is 39.9. The van der Waals surface area contributed by atoms with Gasteiger partial charge in [0.2, 0.25) is 5.95 Å². The third-order valence-corrected chi connectivity index (χ3v) is 14.8. The van der Waals surface area contributed by atoms with Gasteiger partial charge in [0.25, 0.3) is 0 Å². The normalized spacial score (nSPS) is 12.0. The Balaban J connectivity index is 0.922. The second-order valence-corrected chi connectivity index (χ2v) is 19.0. The predicted molar refractivity (Wildman–Crippen MR) is 301 cm³/mol. The van der Waals surface area contributed by atoms with Gasteiger partial charge in [-0.3, -0.25) is 13.7 Å². The predicted octanol–water partition coefficient (Wildman–Crippen LogP) is 15.6. The highest BCUT2D eigenvalue weighted by atomic mass is 16.3. The number of imidazole rings is 2. The minimum absolute atomic E-state index is 0.500. The van der Waals surface area contributed by atoms with Crippen LogP contribution >= 0.6 is 0 Å². The summed E-state index contributed by atoms with van der Waals surface area (Å²) in [6.45, 7) is 0. The Hall–Kier alpha value is -10.5. The molecule has 10 aromatic carbocycles. The van der Waals surface area contributed by atoms with Crippen molar-refractivity contribution in [1.82, 2.24) is 43.2 Å². The van der Waals surface area contributed by atoms with E-state index in [1.165, 1.54) is 0 Å². The molecule has 0 aliphatic carbocycles. The van der Waals surface area contributed by atoms with Crippen LogP contribution in [0.5, 0.6) is 0 Å². The summed E-state index contributed by atoms with van der Waals surface area (Å²) in [7, 11) is 0. The van der Waals surface area contributed by atoms with Gasteiger partial charge in [-0.25, -0.2) is 15.0 Å². The van der Waals surface area contributed by atoms with E-state index in [-0.39, 0.29) is 0 Å². The molecule has 10 nitrogen and oxygen atoms in total. The molecule has 0 radical (unpaired) electrons. The molecule has 350 valence electrons. The van der Waals surface area contributed by atoms with Crippen molar-refractivity contribution in [3.05, 3.63) is 237 Å². The maximum absolute atomic E-state index is 6.21. The summed E-state index contributed by atoms with van der Waals surface area (Å²) in [4.78, 5) is 26.0. The molecule has 16 aromatic rings. The smallest absolute Gasteiger partial charge is 0.238 e. The highest BCUT2D eigenvalue weighted by molar-refractivity contribution is 6.26. The van der Waals surface area contributed by atoms with E-state index in [0.29, 0.717) is 17.6 Å². The lowest BCUT2D eigenvalue weighted by Crippen LogP contribution is -2.06. The van der Waals surface area contributed by atoms with Crippen molar-refractivity contribution < 1.29 is 4.42 Å². The van der Waals surface area contributed by atoms with E-state index in [1.54, 1.807) is 0 Å². The van der Waals surface area contributed by atoms with Gasteiger partial charge in [0, 0.05) is 60.5 Å². The highest BCUT2D eigenvalue weighted by Gasteiger charge is 2.24. The Morgan fingerprint density at radius 1 is 0.320 bits per heavy atom. The fourth-order valence-electron chi connectivity index (χ4n) is 11.3. The topological polar surface area (TPSA) is 97.3 Å². The number of nitrogens with zero attached hydrogens (tertiary/aromatic N) is 9. The molecule has 0 fully saturated rings. The van der Waals surface area contributed by atoms with Crippen LogP contribution < -0.4 is 0 Å². The first-order chi connectivity index (χ1) is 37.2. The van der Waals surface area contributed by atoms with Gasteiger partial charge in [0.1, 0.15) is 23.8 Å². The summed E-state index contributed by atoms with van der Waals surface area (Å²) in [5.41, 5.74) is 16.6. The summed E-state index contributed by atoms with van der Waals surface area (Å²) in [6.07, 6.45) is 3.74. The van der Waals surface area contributed by atoms with Crippen molar-refractivity contribution in [2.75, 3.05) is 0 Å². The lowest BCUT2D eigenvalue weighted by Gasteiger charge is -2.12. The van der Waals surface area contributed by atoms with E-state index in [2.05, 4.69) is 194 Å². The van der Waals surface area contributed by atoms with Crippen molar-refractivity contribution in [1.29, 1.82) is 0 Å². The maximum Gasteiger partial charge on any atom is 0.238 e. The van der Waals surface area contributed by atoms with Crippen LogP contribution in [0.2, 0.25) is 0 Å². The van der Waals surface area contributed by atoms with Gasteiger partial charge < -0.3 is 8.98 Å². The fourth-order valence-corrected chi connectivity index (χ4v) is 11.3. The molecule has 75 heavy (non-hydrogen) atoms. The molecule has 0 saturated heterocycles. The van der Waals surface area contributed by atoms with Crippen molar-refractivity contribution in [2.24, 2.45) is 0 Å². The number of aromatic nitrogens is 9. The summed E-state index contributed by atoms with van der Waals surface area (Å²) < 4.78 is 15.0. The van der Waals surface area contributed by atoms with Crippen LogP contribution in [0, 0.1) is 0 Å². The largest absolute Gasteiger partial charge is 0.456 e. The molecule has 6 aromatic heterocycles. The molecule has 6 heterocycles. The fraction of sp³-hybridized carbons (Fsp3) is 0. The van der Waals surface area contributed by atoms with Crippen molar-refractivity contribution in [3.8, 4) is 56.9 Å². The Morgan fingerprint density at radius 2 is 0.867 bits per heavy atom. The number of rotatable bonds is 7.